The zero-order chi connectivity index (χ0) is 16.9. The third kappa shape index (κ3) is 10.3. The van der Waals surface area contributed by atoms with E-state index in [0.717, 1.165) is 12.1 Å². The molecule has 0 saturated heterocycles. The minimum absolute atomic E-state index is 0. The topological polar surface area (TPSA) is 338 Å². The molecule has 0 aliphatic heterocycles. The summed E-state index contributed by atoms with van der Waals surface area (Å²) in [6, 6.07) is 1.77. The van der Waals surface area contributed by atoms with Gasteiger partial charge in [-0.1, -0.05) is 0 Å². The number of aromatic nitrogens is 4. The zero-order valence-corrected chi connectivity index (χ0v) is 13.6. The van der Waals surface area contributed by atoms with Crippen LogP contribution in [-0.2, 0) is 17.1 Å². The maximum Gasteiger partial charge on any atom is 2.00 e. The van der Waals surface area contributed by atoms with Crippen LogP contribution in [0.15, 0.2) is 12.1 Å². The van der Waals surface area contributed by atoms with Crippen molar-refractivity contribution in [3.05, 3.63) is 34.9 Å². The van der Waals surface area contributed by atoms with Gasteiger partial charge in [0, 0.05) is 0 Å². The number of aromatic carboxylic acids is 4. The van der Waals surface area contributed by atoms with E-state index in [9.17, 15) is 29.4 Å². The normalized spacial score (nSPS) is 7.70. The monoisotopic (exact) mass is 445 g/mol. The molecule has 0 saturated carbocycles. The molecule has 2 aromatic heterocycles. The van der Waals surface area contributed by atoms with Crippen LogP contribution in [0.5, 0.6) is 0 Å². The Hall–Kier alpha value is -3.34. The Labute approximate surface area is 158 Å². The molecule has 2 heterocycles. The predicted molar refractivity (Wildman–Crippen MR) is 74.2 cm³/mol. The fourth-order valence-corrected chi connectivity index (χ4v) is 1.07. The fraction of sp³-hybridized carbons (Fsp3) is 0. The molecule has 0 aliphatic carbocycles. The molecule has 0 aromatic carbocycles. The first kappa shape index (κ1) is 34.9. The van der Waals surface area contributed by atoms with E-state index < -0.39 is 35.3 Å². The SMILES string of the molecule is O.O.O.O.O=C([O-])c1cc(C(=O)O)[nH]n1.O=C([O-])c1cc(C(=O)O)[nH]n1.[Cu+2]. The Morgan fingerprint density at radius 3 is 1.11 bits per heavy atom. The third-order valence-corrected chi connectivity index (χ3v) is 2.03. The molecule has 27 heavy (non-hydrogen) atoms. The maximum absolute atomic E-state index is 10.2. The van der Waals surface area contributed by atoms with Gasteiger partial charge in [0.05, 0.1) is 11.9 Å². The van der Waals surface area contributed by atoms with E-state index in [2.05, 4.69) is 10.2 Å². The number of hydrogen-bond donors (Lipinski definition) is 4. The second-order valence-electron chi connectivity index (χ2n) is 3.52. The standard InChI is InChI=1S/2C5H4N2O4.Cu.4H2O/c2*8-4(9)2-1-3(5(10)11)7-6-2;;;;;/h2*1H,(H,6,7)(H,8,9)(H,10,11);;4*1H2/q;;+2;;;;/p-2. The van der Waals surface area contributed by atoms with Crippen molar-refractivity contribution in [1.29, 1.82) is 0 Å². The minimum Gasteiger partial charge on any atom is -0.543 e. The molecule has 157 valence electrons. The first-order chi connectivity index (χ1) is 10.2. The second kappa shape index (κ2) is 15.0. The average Bonchev–Trinajstić information content (AvgIpc) is 3.09. The molecule has 2 rings (SSSR count). The maximum atomic E-state index is 10.2. The van der Waals surface area contributed by atoms with E-state index in [1.54, 1.807) is 0 Å². The summed E-state index contributed by atoms with van der Waals surface area (Å²) in [6.45, 7) is 0. The van der Waals surface area contributed by atoms with Crippen LogP contribution in [0.1, 0.15) is 42.0 Å². The minimum atomic E-state index is -1.51. The van der Waals surface area contributed by atoms with Gasteiger partial charge < -0.3 is 51.9 Å². The van der Waals surface area contributed by atoms with Crippen LogP contribution in [0.25, 0.3) is 0 Å². The Morgan fingerprint density at radius 2 is 1.00 bits per heavy atom. The Kier molecular flexibility index (Phi) is 19.3. The van der Waals surface area contributed by atoms with Crippen molar-refractivity contribution < 1.29 is 78.6 Å². The van der Waals surface area contributed by atoms with Gasteiger partial charge in [-0.05, 0) is 12.1 Å². The Morgan fingerprint density at radius 1 is 0.741 bits per heavy atom. The van der Waals surface area contributed by atoms with Crippen LogP contribution >= 0.6 is 0 Å². The number of nitrogens with one attached hydrogen (secondary N) is 2. The summed E-state index contributed by atoms with van der Waals surface area (Å²) in [4.78, 5) is 40.4. The van der Waals surface area contributed by atoms with E-state index in [0.29, 0.717) is 0 Å². The van der Waals surface area contributed by atoms with E-state index in [4.69, 9.17) is 10.2 Å². The summed E-state index contributed by atoms with van der Waals surface area (Å²) in [5.74, 6) is -5.53. The Bertz CT molecular complexity index is 623. The zero-order valence-electron chi connectivity index (χ0n) is 12.7. The molecule has 0 spiro atoms. The van der Waals surface area contributed by atoms with E-state index in [1.807, 2.05) is 10.2 Å². The summed E-state index contributed by atoms with van der Waals surface area (Å²) in [5, 5.41) is 47.1. The molecule has 0 atom stereocenters. The predicted octanol–water partition coefficient (Wildman–Crippen LogP) is -6.36. The van der Waals surface area contributed by atoms with Gasteiger partial charge in [0.2, 0.25) is 0 Å². The van der Waals surface area contributed by atoms with Crippen molar-refractivity contribution in [2.24, 2.45) is 0 Å². The van der Waals surface area contributed by atoms with Crippen molar-refractivity contribution in [2.75, 3.05) is 0 Å². The van der Waals surface area contributed by atoms with Gasteiger partial charge >= 0.3 is 29.0 Å². The van der Waals surface area contributed by atoms with E-state index in [-0.39, 0.29) is 50.4 Å². The second-order valence-corrected chi connectivity index (χ2v) is 3.52. The molecular formula is C10H14CuN4O12. The van der Waals surface area contributed by atoms with E-state index >= 15 is 0 Å². The molecule has 0 aliphatic rings. The molecule has 0 amide bonds. The van der Waals surface area contributed by atoms with Crippen LogP contribution in [0.4, 0.5) is 0 Å². The number of hydrogen-bond acceptors (Lipinski definition) is 8. The van der Waals surface area contributed by atoms with Crippen molar-refractivity contribution in [3.63, 3.8) is 0 Å². The van der Waals surface area contributed by atoms with Gasteiger partial charge in [-0.25, -0.2) is 9.59 Å². The first-order valence-corrected chi connectivity index (χ1v) is 5.22. The number of H-pyrrole nitrogens is 2. The summed E-state index contributed by atoms with van der Waals surface area (Å²) in [7, 11) is 0. The molecule has 17 heteroatoms. The quantitative estimate of drug-likeness (QED) is 0.322. The number of carboxylic acid groups (broad SMARTS) is 4. The smallest absolute Gasteiger partial charge is 0.543 e. The molecule has 12 N–H and O–H groups in total. The number of carbonyl (C=O) groups is 4. The van der Waals surface area contributed by atoms with Crippen molar-refractivity contribution in [1.82, 2.24) is 20.4 Å². The number of carbonyl (C=O) groups excluding carboxylic acids is 2. The molecular weight excluding hydrogens is 432 g/mol. The van der Waals surface area contributed by atoms with Crippen LogP contribution in [-0.4, -0.2) is 76.4 Å². The van der Waals surface area contributed by atoms with Crippen LogP contribution < -0.4 is 10.2 Å². The van der Waals surface area contributed by atoms with E-state index in [1.165, 1.54) is 0 Å². The number of rotatable bonds is 4. The molecule has 0 unspecified atom stereocenters. The largest absolute Gasteiger partial charge is 2.00 e. The molecule has 16 nitrogen and oxygen atoms in total. The van der Waals surface area contributed by atoms with Gasteiger partial charge in [-0.15, -0.1) is 0 Å². The third-order valence-electron chi connectivity index (χ3n) is 2.03. The van der Waals surface area contributed by atoms with Gasteiger partial charge in [0.25, 0.3) is 0 Å². The molecule has 0 bridgehead atoms. The summed E-state index contributed by atoms with van der Waals surface area (Å²) < 4.78 is 0. The fourth-order valence-electron chi connectivity index (χ4n) is 1.07. The van der Waals surface area contributed by atoms with Crippen LogP contribution in [0, 0.1) is 0 Å². The molecule has 2 aromatic rings. The van der Waals surface area contributed by atoms with Crippen molar-refractivity contribution >= 4 is 23.9 Å². The average molecular weight is 446 g/mol. The summed E-state index contributed by atoms with van der Waals surface area (Å²) in [5.41, 5.74) is -1.38. The first-order valence-electron chi connectivity index (χ1n) is 5.22. The van der Waals surface area contributed by atoms with Gasteiger partial charge in [0.1, 0.15) is 22.8 Å². The van der Waals surface area contributed by atoms with Gasteiger partial charge in [-0.3, -0.25) is 10.2 Å². The Balaban J connectivity index is -0.000000101. The number of carboxylic acids is 4. The number of aromatic amines is 2. The molecule has 1 radical (unpaired) electrons. The van der Waals surface area contributed by atoms with Gasteiger partial charge in [0.15, 0.2) is 0 Å². The number of nitrogens with zero attached hydrogens (tertiary/aromatic N) is 2. The van der Waals surface area contributed by atoms with Crippen LogP contribution in [0.2, 0.25) is 0 Å². The molecule has 0 fully saturated rings. The van der Waals surface area contributed by atoms with Crippen molar-refractivity contribution in [3.8, 4) is 0 Å². The summed E-state index contributed by atoms with van der Waals surface area (Å²) in [6.07, 6.45) is 0. The summed E-state index contributed by atoms with van der Waals surface area (Å²) >= 11 is 0. The van der Waals surface area contributed by atoms with Crippen molar-refractivity contribution in [2.45, 2.75) is 0 Å². The van der Waals surface area contributed by atoms with Crippen LogP contribution in [0.3, 0.4) is 0 Å². The van der Waals surface area contributed by atoms with Gasteiger partial charge in [-0.2, -0.15) is 10.2 Å².